The minimum atomic E-state index is -3.20. The van der Waals surface area contributed by atoms with E-state index in [1.165, 1.54) is 18.0 Å². The van der Waals surface area contributed by atoms with Crippen molar-refractivity contribution in [3.8, 4) is 0 Å². The molecule has 0 bridgehead atoms. The molecule has 5 heteroatoms. The molecular formula is C11H17NO2S2. The Labute approximate surface area is 101 Å². The number of rotatable bonds is 3. The summed E-state index contributed by atoms with van der Waals surface area (Å²) in [6.45, 7) is 3.74. The predicted octanol–water partition coefficient (Wildman–Crippen LogP) is 2.01. The van der Waals surface area contributed by atoms with Crippen LogP contribution in [0.5, 0.6) is 0 Å². The predicted molar refractivity (Wildman–Crippen MR) is 68.5 cm³/mol. The molecule has 1 rings (SSSR count). The summed E-state index contributed by atoms with van der Waals surface area (Å²) in [7, 11) is -3.20. The second kappa shape index (κ2) is 4.39. The fourth-order valence-corrected chi connectivity index (χ4v) is 3.82. The molecule has 0 fully saturated rings. The molecule has 1 aromatic rings. The SMILES string of the molecule is CSc1c(C(C)(C)N)cccc1S(C)(=O)=O. The highest BCUT2D eigenvalue weighted by Crippen LogP contribution is 2.33. The van der Waals surface area contributed by atoms with Gasteiger partial charge < -0.3 is 5.73 Å². The standard InChI is InChI=1S/C11H17NO2S2/c1-11(2,12)8-6-5-7-9(10(8)15-3)16(4,13)14/h5-7H,12H2,1-4H3. The van der Waals surface area contributed by atoms with Gasteiger partial charge in [-0.3, -0.25) is 0 Å². The van der Waals surface area contributed by atoms with E-state index in [9.17, 15) is 8.42 Å². The third kappa shape index (κ3) is 2.78. The Bertz CT molecular complexity index is 487. The lowest BCUT2D eigenvalue weighted by molar-refractivity contribution is 0.538. The second-order valence-corrected chi connectivity index (χ2v) is 7.13. The van der Waals surface area contributed by atoms with Gasteiger partial charge in [0.2, 0.25) is 0 Å². The minimum absolute atomic E-state index is 0.357. The van der Waals surface area contributed by atoms with Gasteiger partial charge in [-0.05, 0) is 31.7 Å². The summed E-state index contributed by atoms with van der Waals surface area (Å²) in [6.07, 6.45) is 3.08. The van der Waals surface area contributed by atoms with Crippen molar-refractivity contribution < 1.29 is 8.42 Å². The molecule has 0 unspecified atom stereocenters. The Kier molecular flexibility index (Phi) is 3.72. The fraction of sp³-hybridized carbons (Fsp3) is 0.455. The third-order valence-electron chi connectivity index (χ3n) is 2.28. The van der Waals surface area contributed by atoms with Gasteiger partial charge in [-0.2, -0.15) is 0 Å². The van der Waals surface area contributed by atoms with Crippen molar-refractivity contribution in [1.29, 1.82) is 0 Å². The zero-order valence-electron chi connectivity index (χ0n) is 9.94. The lowest BCUT2D eigenvalue weighted by Gasteiger charge is -2.23. The van der Waals surface area contributed by atoms with Gasteiger partial charge in [0, 0.05) is 16.7 Å². The number of hydrogen-bond acceptors (Lipinski definition) is 4. The molecule has 0 aliphatic heterocycles. The highest BCUT2D eigenvalue weighted by molar-refractivity contribution is 7.99. The van der Waals surface area contributed by atoms with Gasteiger partial charge in [0.25, 0.3) is 0 Å². The molecule has 3 nitrogen and oxygen atoms in total. The number of hydrogen-bond donors (Lipinski definition) is 1. The average molecular weight is 259 g/mol. The van der Waals surface area contributed by atoms with Crippen LogP contribution in [0.1, 0.15) is 19.4 Å². The molecule has 0 radical (unpaired) electrons. The maximum absolute atomic E-state index is 11.6. The van der Waals surface area contributed by atoms with Gasteiger partial charge >= 0.3 is 0 Å². The first-order valence-corrected chi connectivity index (χ1v) is 7.96. The van der Waals surface area contributed by atoms with Crippen molar-refractivity contribution in [3.05, 3.63) is 23.8 Å². The molecule has 0 saturated carbocycles. The van der Waals surface area contributed by atoms with Crippen LogP contribution in [-0.4, -0.2) is 20.9 Å². The van der Waals surface area contributed by atoms with E-state index >= 15 is 0 Å². The fourth-order valence-electron chi connectivity index (χ4n) is 1.53. The Morgan fingerprint density at radius 3 is 2.25 bits per heavy atom. The van der Waals surface area contributed by atoms with Gasteiger partial charge in [-0.1, -0.05) is 12.1 Å². The topological polar surface area (TPSA) is 60.2 Å². The molecule has 0 heterocycles. The number of sulfone groups is 1. The molecule has 0 atom stereocenters. The zero-order valence-corrected chi connectivity index (χ0v) is 11.6. The van der Waals surface area contributed by atoms with E-state index in [2.05, 4.69) is 0 Å². The second-order valence-electron chi connectivity index (χ2n) is 4.33. The molecule has 1 aromatic carbocycles. The molecule has 0 aliphatic carbocycles. The molecule has 16 heavy (non-hydrogen) atoms. The molecule has 0 amide bonds. The number of thioether (sulfide) groups is 1. The van der Waals surface area contributed by atoms with Crippen LogP contribution in [0, 0.1) is 0 Å². The maximum atomic E-state index is 11.6. The van der Waals surface area contributed by atoms with Crippen LogP contribution in [-0.2, 0) is 15.4 Å². The number of benzene rings is 1. The summed E-state index contributed by atoms with van der Waals surface area (Å²) in [6, 6.07) is 5.23. The molecule has 0 saturated heterocycles. The van der Waals surface area contributed by atoms with E-state index in [0.29, 0.717) is 4.90 Å². The maximum Gasteiger partial charge on any atom is 0.176 e. The summed E-state index contributed by atoms with van der Waals surface area (Å²) in [4.78, 5) is 1.11. The lowest BCUT2D eigenvalue weighted by Crippen LogP contribution is -2.29. The van der Waals surface area contributed by atoms with Crippen molar-refractivity contribution in [2.45, 2.75) is 29.2 Å². The van der Waals surface area contributed by atoms with Crippen LogP contribution in [0.2, 0.25) is 0 Å². The van der Waals surface area contributed by atoms with E-state index in [1.54, 1.807) is 12.1 Å². The summed E-state index contributed by atoms with van der Waals surface area (Å²) in [5.41, 5.74) is 6.36. The van der Waals surface area contributed by atoms with Crippen LogP contribution in [0.25, 0.3) is 0 Å². The van der Waals surface area contributed by atoms with Crippen LogP contribution >= 0.6 is 11.8 Å². The first kappa shape index (κ1) is 13.5. The highest BCUT2D eigenvalue weighted by Gasteiger charge is 2.23. The monoisotopic (exact) mass is 259 g/mol. The molecule has 2 N–H and O–H groups in total. The Hall–Kier alpha value is -0.520. The Balaban J connectivity index is 3.57. The van der Waals surface area contributed by atoms with Gasteiger partial charge in [-0.15, -0.1) is 11.8 Å². The van der Waals surface area contributed by atoms with E-state index < -0.39 is 15.4 Å². The van der Waals surface area contributed by atoms with Crippen molar-refractivity contribution in [2.75, 3.05) is 12.5 Å². The van der Waals surface area contributed by atoms with Gasteiger partial charge in [0.1, 0.15) is 0 Å². The lowest BCUT2D eigenvalue weighted by atomic mass is 9.96. The van der Waals surface area contributed by atoms with E-state index in [1.807, 2.05) is 26.2 Å². The van der Waals surface area contributed by atoms with Gasteiger partial charge in [-0.25, -0.2) is 8.42 Å². The van der Waals surface area contributed by atoms with Crippen molar-refractivity contribution in [3.63, 3.8) is 0 Å². The van der Waals surface area contributed by atoms with Crippen LogP contribution in [0.3, 0.4) is 0 Å². The average Bonchev–Trinajstić information content (AvgIpc) is 2.13. The van der Waals surface area contributed by atoms with E-state index in [-0.39, 0.29) is 0 Å². The summed E-state index contributed by atoms with van der Waals surface area (Å²) in [5.74, 6) is 0. The molecule has 0 aromatic heterocycles. The zero-order chi connectivity index (χ0) is 12.6. The molecule has 90 valence electrons. The smallest absolute Gasteiger partial charge is 0.176 e. The quantitative estimate of drug-likeness (QED) is 0.844. The third-order valence-corrected chi connectivity index (χ3v) is 4.39. The first-order valence-electron chi connectivity index (χ1n) is 4.84. The van der Waals surface area contributed by atoms with E-state index in [4.69, 9.17) is 5.73 Å². The molecule has 0 aliphatic rings. The number of nitrogens with two attached hydrogens (primary N) is 1. The first-order chi connectivity index (χ1) is 7.18. The summed E-state index contributed by atoms with van der Waals surface area (Å²) < 4.78 is 23.3. The van der Waals surface area contributed by atoms with Gasteiger partial charge in [0.15, 0.2) is 9.84 Å². The normalized spacial score (nSPS) is 12.8. The Morgan fingerprint density at radius 1 is 1.31 bits per heavy atom. The highest BCUT2D eigenvalue weighted by atomic mass is 32.2. The summed E-state index contributed by atoms with van der Waals surface area (Å²) >= 11 is 1.42. The molecular weight excluding hydrogens is 242 g/mol. The van der Waals surface area contributed by atoms with Crippen LogP contribution in [0.4, 0.5) is 0 Å². The van der Waals surface area contributed by atoms with Crippen molar-refractivity contribution >= 4 is 21.6 Å². The van der Waals surface area contributed by atoms with Crippen LogP contribution < -0.4 is 5.73 Å². The van der Waals surface area contributed by atoms with Gasteiger partial charge in [0.05, 0.1) is 4.90 Å². The Morgan fingerprint density at radius 2 is 1.88 bits per heavy atom. The van der Waals surface area contributed by atoms with E-state index in [0.717, 1.165) is 10.5 Å². The van der Waals surface area contributed by atoms with Crippen molar-refractivity contribution in [1.82, 2.24) is 0 Å². The van der Waals surface area contributed by atoms with Crippen molar-refractivity contribution in [2.24, 2.45) is 5.73 Å². The molecule has 0 spiro atoms. The largest absolute Gasteiger partial charge is 0.322 e. The summed E-state index contributed by atoms with van der Waals surface area (Å²) in [5, 5.41) is 0. The minimum Gasteiger partial charge on any atom is -0.322 e. The van der Waals surface area contributed by atoms with Crippen LogP contribution in [0.15, 0.2) is 28.0 Å².